The van der Waals surface area contributed by atoms with Crippen LogP contribution in [0, 0.1) is 0 Å². The zero-order chi connectivity index (χ0) is 26.0. The van der Waals surface area contributed by atoms with Crippen molar-refractivity contribution < 1.29 is 19.1 Å². The molecule has 0 aliphatic carbocycles. The van der Waals surface area contributed by atoms with Gasteiger partial charge >= 0.3 is 0 Å². The minimum atomic E-state index is -0.240. The lowest BCUT2D eigenvalue weighted by Crippen LogP contribution is -2.33. The first-order valence-electron chi connectivity index (χ1n) is 13.4. The number of hydrogen-bond donors (Lipinski definition) is 1. The molecule has 198 valence electrons. The van der Waals surface area contributed by atoms with E-state index in [0.29, 0.717) is 36.8 Å². The Labute approximate surface area is 217 Å². The van der Waals surface area contributed by atoms with Crippen LogP contribution >= 0.6 is 0 Å². The molecular formula is C30H44N2O4. The summed E-state index contributed by atoms with van der Waals surface area (Å²) in [6.07, 6.45) is 11.4. The summed E-state index contributed by atoms with van der Waals surface area (Å²) in [5, 5.41) is 7.24. The maximum Gasteiger partial charge on any atom is 0.273 e. The van der Waals surface area contributed by atoms with E-state index in [4.69, 9.17) is 14.3 Å². The number of nitrogens with one attached hydrogen (secondary N) is 1. The topological polar surface area (TPSA) is 69.2 Å². The summed E-state index contributed by atoms with van der Waals surface area (Å²) < 4.78 is 10.7. The number of rotatable bonds is 18. The second-order valence-electron chi connectivity index (χ2n) is 8.99. The molecule has 0 aliphatic heterocycles. The Hall–Kier alpha value is -3.02. The van der Waals surface area contributed by atoms with Gasteiger partial charge in [-0.2, -0.15) is 0 Å². The summed E-state index contributed by atoms with van der Waals surface area (Å²) in [5.74, 6) is 1.12. The molecule has 0 unspecified atom stereocenters. The third-order valence-electron chi connectivity index (χ3n) is 6.24. The van der Waals surface area contributed by atoms with Gasteiger partial charge in [0.25, 0.3) is 5.91 Å². The third-order valence-corrected chi connectivity index (χ3v) is 6.24. The number of oxime groups is 1. The fourth-order valence-corrected chi connectivity index (χ4v) is 3.97. The fraction of sp³-hybridized carbons (Fsp3) is 0.533. The average molecular weight is 497 g/mol. The van der Waals surface area contributed by atoms with Gasteiger partial charge in [-0.1, -0.05) is 87.9 Å². The average Bonchev–Trinajstić information content (AvgIpc) is 2.91. The summed E-state index contributed by atoms with van der Waals surface area (Å²) in [5.41, 5.74) is 3.33. The van der Waals surface area contributed by atoms with Crippen molar-refractivity contribution in [2.75, 3.05) is 27.4 Å². The van der Waals surface area contributed by atoms with Gasteiger partial charge < -0.3 is 19.6 Å². The number of methoxy groups -OCH3 is 2. The number of carbonyl (C=O) groups excluding carboxylic acids is 1. The van der Waals surface area contributed by atoms with E-state index in [1.54, 1.807) is 14.2 Å². The first-order chi connectivity index (χ1) is 17.6. The number of nitrogens with zero attached hydrogens (tertiary/aromatic N) is 1. The summed E-state index contributed by atoms with van der Waals surface area (Å²) in [7, 11) is 3.23. The van der Waals surface area contributed by atoms with E-state index in [0.717, 1.165) is 30.4 Å². The molecule has 2 aromatic rings. The van der Waals surface area contributed by atoms with Crippen LogP contribution < -0.4 is 14.8 Å². The van der Waals surface area contributed by atoms with Crippen molar-refractivity contribution in [3.63, 3.8) is 0 Å². The van der Waals surface area contributed by atoms with Crippen molar-refractivity contribution in [3.8, 4) is 11.5 Å². The zero-order valence-corrected chi connectivity index (χ0v) is 22.6. The number of benzene rings is 2. The smallest absolute Gasteiger partial charge is 0.273 e. The molecule has 6 heteroatoms. The van der Waals surface area contributed by atoms with Crippen molar-refractivity contribution in [2.45, 2.75) is 78.1 Å². The fourth-order valence-electron chi connectivity index (χ4n) is 3.97. The Morgan fingerprint density at radius 3 is 2.08 bits per heavy atom. The van der Waals surface area contributed by atoms with Crippen molar-refractivity contribution in [1.29, 1.82) is 0 Å². The van der Waals surface area contributed by atoms with E-state index in [1.807, 2.05) is 42.5 Å². The van der Waals surface area contributed by atoms with Gasteiger partial charge in [0.1, 0.15) is 6.61 Å². The van der Waals surface area contributed by atoms with E-state index in [2.05, 4.69) is 24.3 Å². The largest absolute Gasteiger partial charge is 0.493 e. The SMILES string of the molecule is CCCCCCCCCCON=C(C(=O)NCCc1ccc(OC)c(OC)c1)c1ccc(CC)cc1. The van der Waals surface area contributed by atoms with E-state index < -0.39 is 0 Å². The first-order valence-corrected chi connectivity index (χ1v) is 13.4. The van der Waals surface area contributed by atoms with Gasteiger partial charge in [0.05, 0.1) is 14.2 Å². The maximum absolute atomic E-state index is 13.0. The van der Waals surface area contributed by atoms with E-state index >= 15 is 0 Å². The zero-order valence-electron chi connectivity index (χ0n) is 22.6. The molecule has 2 rings (SSSR count). The molecule has 0 saturated heterocycles. The Bertz CT molecular complexity index is 925. The van der Waals surface area contributed by atoms with E-state index in [1.165, 1.54) is 44.1 Å². The van der Waals surface area contributed by atoms with Gasteiger partial charge in [0.15, 0.2) is 17.2 Å². The summed E-state index contributed by atoms with van der Waals surface area (Å²) in [6.45, 7) is 5.34. The summed E-state index contributed by atoms with van der Waals surface area (Å²) in [4.78, 5) is 18.6. The van der Waals surface area contributed by atoms with Gasteiger partial charge in [-0.15, -0.1) is 0 Å². The Morgan fingerprint density at radius 2 is 1.44 bits per heavy atom. The molecule has 1 N–H and O–H groups in total. The standard InChI is InChI=1S/C30H44N2O4/c1-5-7-8-9-10-11-12-13-22-36-32-29(26-17-14-24(6-2)15-18-26)30(33)31-21-20-25-16-19-27(34-3)28(23-25)35-4/h14-19,23H,5-13,20-22H2,1-4H3,(H,31,33). The number of hydrogen-bond acceptors (Lipinski definition) is 5. The van der Waals surface area contributed by atoms with Crippen LogP contribution in [-0.2, 0) is 22.5 Å². The molecule has 0 saturated carbocycles. The summed E-state index contributed by atoms with van der Waals surface area (Å²) in [6, 6.07) is 13.7. The van der Waals surface area contributed by atoms with Gasteiger partial charge in [-0.25, -0.2) is 0 Å². The highest BCUT2D eigenvalue weighted by Crippen LogP contribution is 2.27. The van der Waals surface area contributed by atoms with Crippen LogP contribution in [0.5, 0.6) is 11.5 Å². The van der Waals surface area contributed by atoms with Crippen LogP contribution in [-0.4, -0.2) is 39.0 Å². The molecule has 6 nitrogen and oxygen atoms in total. The van der Waals surface area contributed by atoms with E-state index in [-0.39, 0.29) is 5.91 Å². The maximum atomic E-state index is 13.0. The molecule has 0 spiro atoms. The lowest BCUT2D eigenvalue weighted by atomic mass is 10.1. The molecule has 0 fully saturated rings. The monoisotopic (exact) mass is 496 g/mol. The molecule has 36 heavy (non-hydrogen) atoms. The van der Waals surface area contributed by atoms with Gasteiger partial charge in [0, 0.05) is 12.1 Å². The summed E-state index contributed by atoms with van der Waals surface area (Å²) >= 11 is 0. The number of amides is 1. The molecule has 0 bridgehead atoms. The molecule has 0 aliphatic rings. The molecular weight excluding hydrogens is 452 g/mol. The lowest BCUT2D eigenvalue weighted by molar-refractivity contribution is -0.114. The first kappa shape index (κ1) is 29.2. The normalized spacial score (nSPS) is 11.3. The van der Waals surface area contributed by atoms with Crippen LogP contribution in [0.1, 0.15) is 81.9 Å². The Kier molecular flexibility index (Phi) is 14.1. The van der Waals surface area contributed by atoms with Crippen molar-refractivity contribution in [2.24, 2.45) is 5.16 Å². The second kappa shape index (κ2) is 17.4. The van der Waals surface area contributed by atoms with Crippen LogP contribution in [0.25, 0.3) is 0 Å². The number of ether oxygens (including phenoxy) is 2. The van der Waals surface area contributed by atoms with Crippen LogP contribution in [0.4, 0.5) is 0 Å². The minimum Gasteiger partial charge on any atom is -0.493 e. The lowest BCUT2D eigenvalue weighted by Gasteiger charge is -2.11. The van der Waals surface area contributed by atoms with Crippen LogP contribution in [0.3, 0.4) is 0 Å². The highest BCUT2D eigenvalue weighted by molar-refractivity contribution is 6.45. The number of unbranched alkanes of at least 4 members (excludes halogenated alkanes) is 7. The second-order valence-corrected chi connectivity index (χ2v) is 8.99. The highest BCUT2D eigenvalue weighted by Gasteiger charge is 2.15. The predicted octanol–water partition coefficient (Wildman–Crippen LogP) is 6.49. The Morgan fingerprint density at radius 1 is 0.806 bits per heavy atom. The highest BCUT2D eigenvalue weighted by atomic mass is 16.6. The Balaban J connectivity index is 1.90. The van der Waals surface area contributed by atoms with Gasteiger partial charge in [-0.3, -0.25) is 4.79 Å². The molecule has 0 atom stereocenters. The van der Waals surface area contributed by atoms with E-state index in [9.17, 15) is 4.79 Å². The molecule has 1 amide bonds. The van der Waals surface area contributed by atoms with Crippen molar-refractivity contribution in [1.82, 2.24) is 5.32 Å². The quantitative estimate of drug-likeness (QED) is 0.146. The molecule has 0 radical (unpaired) electrons. The van der Waals surface area contributed by atoms with Crippen molar-refractivity contribution in [3.05, 3.63) is 59.2 Å². The van der Waals surface area contributed by atoms with Crippen LogP contribution in [0.15, 0.2) is 47.6 Å². The minimum absolute atomic E-state index is 0.240. The molecule has 2 aromatic carbocycles. The predicted molar refractivity (Wildman–Crippen MR) is 147 cm³/mol. The van der Waals surface area contributed by atoms with Crippen molar-refractivity contribution >= 4 is 11.6 Å². The third kappa shape index (κ3) is 10.3. The number of carbonyl (C=O) groups is 1. The molecule has 0 heterocycles. The van der Waals surface area contributed by atoms with Gasteiger partial charge in [-0.05, 0) is 48.9 Å². The van der Waals surface area contributed by atoms with Gasteiger partial charge in [0.2, 0.25) is 0 Å². The van der Waals surface area contributed by atoms with Crippen LogP contribution in [0.2, 0.25) is 0 Å². The number of aryl methyl sites for hydroxylation is 1. The molecule has 0 aromatic heterocycles.